The fourth-order valence-corrected chi connectivity index (χ4v) is 10.6. The normalized spacial score (nSPS) is 22.2. The second-order valence-corrected chi connectivity index (χ2v) is 16.7. The molecule has 0 amide bonds. The van der Waals surface area contributed by atoms with Gasteiger partial charge in [-0.2, -0.15) is 0 Å². The van der Waals surface area contributed by atoms with Crippen molar-refractivity contribution in [1.82, 2.24) is 0 Å². The van der Waals surface area contributed by atoms with Crippen molar-refractivity contribution in [2.45, 2.75) is 79.8 Å². The zero-order valence-electron chi connectivity index (χ0n) is 19.7. The van der Waals surface area contributed by atoms with Crippen LogP contribution in [-0.4, -0.2) is 28.1 Å². The molecule has 0 unspecified atom stereocenters. The summed E-state index contributed by atoms with van der Waals surface area (Å²) in [5.41, 5.74) is 0. The first-order valence-corrected chi connectivity index (χ1v) is 16.6. The van der Waals surface area contributed by atoms with Crippen molar-refractivity contribution in [2.75, 3.05) is 0 Å². The lowest BCUT2D eigenvalue weighted by molar-refractivity contribution is 0.126. The van der Waals surface area contributed by atoms with Crippen LogP contribution >= 0.6 is 11.8 Å². The van der Waals surface area contributed by atoms with E-state index in [2.05, 4.69) is 39.8 Å². The Kier molecular flexibility index (Phi) is 8.84. The SMILES string of the molecule is CC[Si](CC)(CC)O[C@@H]1CCC(Sc2ccccc2)=C[C@@H](S(=O)(=O)c2ccccc2)[C@H]1C. The molecule has 32 heavy (non-hydrogen) atoms. The molecule has 174 valence electrons. The van der Waals surface area contributed by atoms with Crippen LogP contribution in [0.5, 0.6) is 0 Å². The number of rotatable bonds is 9. The molecule has 2 aromatic rings. The lowest BCUT2D eigenvalue weighted by atomic mass is 10.00. The van der Waals surface area contributed by atoms with Crippen LogP contribution < -0.4 is 0 Å². The van der Waals surface area contributed by atoms with Gasteiger partial charge in [-0.3, -0.25) is 0 Å². The van der Waals surface area contributed by atoms with Gasteiger partial charge in [0, 0.05) is 16.9 Å². The fourth-order valence-electron chi connectivity index (χ4n) is 4.53. The fraction of sp³-hybridized carbons (Fsp3) is 0.462. The Hall–Kier alpha value is -1.34. The predicted octanol–water partition coefficient (Wildman–Crippen LogP) is 7.33. The Morgan fingerprint density at radius 3 is 2.06 bits per heavy atom. The molecule has 0 saturated carbocycles. The van der Waals surface area contributed by atoms with Gasteiger partial charge in [-0.05, 0) is 60.1 Å². The van der Waals surface area contributed by atoms with Gasteiger partial charge in [0.1, 0.15) is 0 Å². The molecule has 1 aliphatic rings. The van der Waals surface area contributed by atoms with E-state index in [1.165, 1.54) is 0 Å². The van der Waals surface area contributed by atoms with Crippen LogP contribution in [0.4, 0.5) is 0 Å². The van der Waals surface area contributed by atoms with Crippen molar-refractivity contribution in [2.24, 2.45) is 5.92 Å². The molecule has 6 heteroatoms. The summed E-state index contributed by atoms with van der Waals surface area (Å²) in [5.74, 6) is -0.106. The molecule has 0 spiro atoms. The number of hydrogen-bond donors (Lipinski definition) is 0. The van der Waals surface area contributed by atoms with Gasteiger partial charge in [0.15, 0.2) is 18.2 Å². The number of thioether (sulfide) groups is 1. The van der Waals surface area contributed by atoms with Gasteiger partial charge in [0.25, 0.3) is 0 Å². The molecule has 2 aromatic carbocycles. The highest BCUT2D eigenvalue weighted by atomic mass is 32.2. The zero-order chi connectivity index (χ0) is 23.2. The summed E-state index contributed by atoms with van der Waals surface area (Å²) >= 11 is 1.68. The maximum absolute atomic E-state index is 13.8. The molecular formula is C26H36O3S2Si. The Morgan fingerprint density at radius 1 is 0.938 bits per heavy atom. The minimum absolute atomic E-state index is 0.0462. The molecule has 1 aliphatic carbocycles. The summed E-state index contributed by atoms with van der Waals surface area (Å²) in [5, 5.41) is -0.596. The summed E-state index contributed by atoms with van der Waals surface area (Å²) in [7, 11) is -5.38. The van der Waals surface area contributed by atoms with Gasteiger partial charge in [-0.25, -0.2) is 8.42 Å². The maximum atomic E-state index is 13.8. The molecule has 0 fully saturated rings. The van der Waals surface area contributed by atoms with Gasteiger partial charge in [0.05, 0.1) is 10.1 Å². The van der Waals surface area contributed by atoms with Crippen molar-refractivity contribution < 1.29 is 12.8 Å². The van der Waals surface area contributed by atoms with Crippen molar-refractivity contribution in [3.8, 4) is 0 Å². The molecule has 0 aromatic heterocycles. The monoisotopic (exact) mass is 488 g/mol. The Bertz CT molecular complexity index is 978. The standard InChI is InChI=1S/C26H36O3S2Si/c1-5-32(6-2,7-3)29-25-19-18-23(30-22-14-10-8-11-15-22)20-26(21(25)4)31(27,28)24-16-12-9-13-17-24/h8-17,20-21,25-26H,5-7,18-19H2,1-4H3/t21-,25+,26+/m0/s1. The van der Waals surface area contributed by atoms with E-state index in [9.17, 15) is 8.42 Å². The van der Waals surface area contributed by atoms with Crippen molar-refractivity contribution >= 4 is 29.9 Å². The van der Waals surface area contributed by atoms with Crippen LogP contribution in [-0.2, 0) is 14.3 Å². The zero-order valence-corrected chi connectivity index (χ0v) is 22.3. The molecule has 3 atom stereocenters. The van der Waals surface area contributed by atoms with E-state index in [4.69, 9.17) is 4.43 Å². The summed E-state index contributed by atoms with van der Waals surface area (Å²) in [6, 6.07) is 22.3. The average Bonchev–Trinajstić information content (AvgIpc) is 2.98. The molecule has 3 rings (SSSR count). The summed E-state index contributed by atoms with van der Waals surface area (Å²) < 4.78 is 34.5. The van der Waals surface area contributed by atoms with Crippen LogP contribution in [0.25, 0.3) is 0 Å². The molecule has 3 nitrogen and oxygen atoms in total. The Labute approximate surface area is 199 Å². The predicted molar refractivity (Wildman–Crippen MR) is 138 cm³/mol. The number of benzene rings is 2. The molecule has 0 bridgehead atoms. The summed E-state index contributed by atoms with van der Waals surface area (Å²) in [4.78, 5) is 2.65. The lowest BCUT2D eigenvalue weighted by Crippen LogP contribution is -2.44. The van der Waals surface area contributed by atoms with E-state index in [1.807, 2.05) is 30.3 Å². The minimum atomic E-state index is -3.52. The molecule has 0 aliphatic heterocycles. The van der Waals surface area contributed by atoms with Crippen LogP contribution in [0, 0.1) is 5.92 Å². The molecule has 0 radical (unpaired) electrons. The molecule has 0 heterocycles. The van der Waals surface area contributed by atoms with Crippen molar-refractivity contribution in [3.63, 3.8) is 0 Å². The van der Waals surface area contributed by atoms with Gasteiger partial charge >= 0.3 is 0 Å². The van der Waals surface area contributed by atoms with E-state index in [0.29, 0.717) is 4.90 Å². The van der Waals surface area contributed by atoms with Gasteiger partial charge in [-0.1, -0.05) is 81.9 Å². The second-order valence-electron chi connectivity index (χ2n) is 8.67. The first kappa shape index (κ1) is 25.3. The highest BCUT2D eigenvalue weighted by Crippen LogP contribution is 2.40. The van der Waals surface area contributed by atoms with Gasteiger partial charge < -0.3 is 4.43 Å². The maximum Gasteiger partial charge on any atom is 0.192 e. The molecular weight excluding hydrogens is 453 g/mol. The molecule has 0 saturated heterocycles. The Balaban J connectivity index is 1.99. The van der Waals surface area contributed by atoms with Gasteiger partial charge in [0.2, 0.25) is 0 Å². The average molecular weight is 489 g/mol. The third kappa shape index (κ3) is 5.77. The topological polar surface area (TPSA) is 43.4 Å². The lowest BCUT2D eigenvalue weighted by Gasteiger charge is -2.37. The molecule has 0 N–H and O–H groups in total. The summed E-state index contributed by atoms with van der Waals surface area (Å²) in [6.45, 7) is 8.76. The van der Waals surface area contributed by atoms with Crippen LogP contribution in [0.15, 0.2) is 81.4 Å². The second kappa shape index (κ2) is 11.2. The van der Waals surface area contributed by atoms with Crippen molar-refractivity contribution in [3.05, 3.63) is 71.6 Å². The highest BCUT2D eigenvalue weighted by molar-refractivity contribution is 8.03. The van der Waals surface area contributed by atoms with Crippen LogP contribution in [0.1, 0.15) is 40.5 Å². The number of sulfone groups is 1. The number of allylic oxidation sites excluding steroid dienone is 1. The van der Waals surface area contributed by atoms with E-state index >= 15 is 0 Å². The Morgan fingerprint density at radius 2 is 1.50 bits per heavy atom. The first-order valence-electron chi connectivity index (χ1n) is 11.8. The largest absolute Gasteiger partial charge is 0.414 e. The third-order valence-electron chi connectivity index (χ3n) is 6.89. The quantitative estimate of drug-likeness (QED) is 0.347. The minimum Gasteiger partial charge on any atom is -0.414 e. The first-order chi connectivity index (χ1) is 15.3. The summed E-state index contributed by atoms with van der Waals surface area (Å²) in [6.07, 6.45) is 3.68. The van der Waals surface area contributed by atoms with E-state index in [-0.39, 0.29) is 12.0 Å². The van der Waals surface area contributed by atoms with Crippen molar-refractivity contribution in [1.29, 1.82) is 0 Å². The van der Waals surface area contributed by atoms with E-state index < -0.39 is 23.4 Å². The number of hydrogen-bond acceptors (Lipinski definition) is 4. The van der Waals surface area contributed by atoms with Gasteiger partial charge in [-0.15, -0.1) is 0 Å². The smallest absolute Gasteiger partial charge is 0.192 e. The van der Waals surface area contributed by atoms with Crippen LogP contribution in [0.3, 0.4) is 0 Å². The highest BCUT2D eigenvalue weighted by Gasteiger charge is 2.41. The van der Waals surface area contributed by atoms with Crippen LogP contribution in [0.2, 0.25) is 18.1 Å². The van der Waals surface area contributed by atoms with E-state index in [0.717, 1.165) is 40.8 Å². The van der Waals surface area contributed by atoms with E-state index in [1.54, 1.807) is 36.0 Å². The third-order valence-corrected chi connectivity index (χ3v) is 14.9.